The van der Waals surface area contributed by atoms with Crippen LogP contribution in [0.3, 0.4) is 0 Å². The van der Waals surface area contributed by atoms with Crippen molar-refractivity contribution < 1.29 is 69.0 Å². The van der Waals surface area contributed by atoms with Crippen molar-refractivity contribution in [3.63, 3.8) is 0 Å². The van der Waals surface area contributed by atoms with Crippen molar-refractivity contribution in [2.24, 2.45) is 22.6 Å². The van der Waals surface area contributed by atoms with Crippen molar-refractivity contribution in [2.45, 2.75) is 50.0 Å². The van der Waals surface area contributed by atoms with E-state index in [1.165, 1.54) is 19.4 Å². The van der Waals surface area contributed by atoms with Crippen LogP contribution in [0.5, 0.6) is 0 Å². The number of aliphatic imine (C=N–C) groups is 1. The van der Waals surface area contributed by atoms with Crippen LogP contribution >= 0.6 is 0 Å². The molecular formula is C31H46N4O14. The number of nitrogens with one attached hydrogen (secondary N) is 1. The third kappa shape index (κ3) is 9.44. The Kier molecular flexibility index (Phi) is 14.7. The SMILES string of the molecule is C=CC1C(OC2OC(CO)C(O)C(O)(O)C2OCC)OC=C(C(=O)OC)C1C=CC1=C(NC(N)=NCCCO)C(C(=O)O)=CN(CCO)C1. The van der Waals surface area contributed by atoms with Crippen LogP contribution in [0.1, 0.15) is 13.3 Å². The highest BCUT2D eigenvalue weighted by molar-refractivity contribution is 5.95. The van der Waals surface area contributed by atoms with Gasteiger partial charge in [0.15, 0.2) is 18.4 Å². The number of ether oxygens (including phenoxy) is 5. The predicted molar refractivity (Wildman–Crippen MR) is 169 cm³/mol. The van der Waals surface area contributed by atoms with E-state index >= 15 is 0 Å². The molecule has 3 heterocycles. The highest BCUT2D eigenvalue weighted by Gasteiger charge is 2.57. The molecule has 7 atom stereocenters. The first-order valence-corrected chi connectivity index (χ1v) is 15.5. The Labute approximate surface area is 282 Å². The minimum atomic E-state index is -2.90. The average molecular weight is 699 g/mol. The quantitative estimate of drug-likeness (QED) is 0.0199. The van der Waals surface area contributed by atoms with Gasteiger partial charge in [0.2, 0.25) is 12.1 Å². The third-order valence-corrected chi connectivity index (χ3v) is 7.92. The van der Waals surface area contributed by atoms with E-state index < -0.39 is 67.1 Å². The summed E-state index contributed by atoms with van der Waals surface area (Å²) in [5, 5.41) is 73.0. The summed E-state index contributed by atoms with van der Waals surface area (Å²) in [6, 6.07) is 0. The van der Waals surface area contributed by atoms with Crippen molar-refractivity contribution in [2.75, 3.05) is 53.2 Å². The van der Waals surface area contributed by atoms with Crippen molar-refractivity contribution in [1.29, 1.82) is 0 Å². The molecule has 1 fully saturated rings. The van der Waals surface area contributed by atoms with Crippen LogP contribution in [0.15, 0.2) is 64.7 Å². The fourth-order valence-electron chi connectivity index (χ4n) is 5.46. The van der Waals surface area contributed by atoms with Gasteiger partial charge in [0.25, 0.3) is 0 Å². The maximum Gasteiger partial charge on any atom is 0.339 e. The number of allylic oxidation sites excluding steroid dienone is 1. The Hall–Kier alpha value is -3.85. The number of aliphatic carboxylic acids is 1. The van der Waals surface area contributed by atoms with Gasteiger partial charge in [-0.25, -0.2) is 9.59 Å². The zero-order valence-corrected chi connectivity index (χ0v) is 27.3. The lowest BCUT2D eigenvalue weighted by Gasteiger charge is -2.47. The summed E-state index contributed by atoms with van der Waals surface area (Å²) in [5.41, 5.74) is 6.33. The molecule has 0 aromatic heterocycles. The summed E-state index contributed by atoms with van der Waals surface area (Å²) >= 11 is 0. The molecule has 0 amide bonds. The van der Waals surface area contributed by atoms with E-state index in [9.17, 15) is 40.2 Å². The molecule has 0 aliphatic carbocycles. The fraction of sp³-hybridized carbons (Fsp3) is 0.581. The molecule has 3 rings (SSSR count). The number of carboxylic acids is 1. The fourth-order valence-corrected chi connectivity index (χ4v) is 5.46. The lowest BCUT2D eigenvalue weighted by Crippen LogP contribution is -2.68. The number of carbonyl (C=O) groups is 2. The number of guanidine groups is 1. The molecular weight excluding hydrogens is 652 g/mol. The number of aliphatic hydroxyl groups is 6. The first-order valence-electron chi connectivity index (χ1n) is 15.5. The van der Waals surface area contributed by atoms with E-state index in [2.05, 4.69) is 16.9 Å². The van der Waals surface area contributed by atoms with Gasteiger partial charge in [0, 0.05) is 45.0 Å². The number of hydrogen-bond acceptors (Lipinski definition) is 15. The minimum Gasteiger partial charge on any atom is -0.478 e. The molecule has 274 valence electrons. The van der Waals surface area contributed by atoms with Gasteiger partial charge in [-0.1, -0.05) is 18.2 Å². The van der Waals surface area contributed by atoms with Crippen LogP contribution in [0.25, 0.3) is 0 Å². The van der Waals surface area contributed by atoms with Crippen molar-refractivity contribution in [3.05, 3.63) is 59.7 Å². The maximum absolute atomic E-state index is 12.9. The number of methoxy groups -OCH3 is 1. The molecule has 1 saturated heterocycles. The second-order valence-electron chi connectivity index (χ2n) is 11.1. The van der Waals surface area contributed by atoms with Gasteiger partial charge < -0.3 is 75.4 Å². The largest absolute Gasteiger partial charge is 0.478 e. The zero-order chi connectivity index (χ0) is 36.3. The van der Waals surface area contributed by atoms with Crippen molar-refractivity contribution in [3.8, 4) is 0 Å². The second kappa shape index (κ2) is 18.2. The Morgan fingerprint density at radius 1 is 1.24 bits per heavy atom. The Balaban J connectivity index is 2.06. The molecule has 0 radical (unpaired) electrons. The first kappa shape index (κ1) is 39.6. The number of rotatable bonds is 16. The molecule has 3 aliphatic heterocycles. The molecule has 18 heteroatoms. The van der Waals surface area contributed by atoms with Gasteiger partial charge >= 0.3 is 11.9 Å². The van der Waals surface area contributed by atoms with Gasteiger partial charge in [-0.15, -0.1) is 6.58 Å². The van der Waals surface area contributed by atoms with Crippen molar-refractivity contribution in [1.82, 2.24) is 10.2 Å². The molecule has 7 unspecified atom stereocenters. The standard InChI is InChI=1S/C31H46N4O14/c1-4-18-19(8-7-17-13-35(10-12-37)14-20(26(40)41)23(17)34-30(32)33-9-6-11-36)21(27(42)45-3)16-47-28(18)49-29-25(46-5-2)31(43,44)24(39)22(15-38)48-29/h4,7-8,14,16,18-19,22,24-25,28-29,36-39,43-44H,1,5-6,9-13,15H2,2-3H3,(H,40,41)(H3,32,33,34). The summed E-state index contributed by atoms with van der Waals surface area (Å²) in [5.74, 6) is -6.88. The van der Waals surface area contributed by atoms with Crippen LogP contribution in [-0.4, -0.2) is 148 Å². The molecule has 0 aromatic carbocycles. The smallest absolute Gasteiger partial charge is 0.339 e. The van der Waals surface area contributed by atoms with E-state index in [1.807, 2.05) is 0 Å². The molecule has 0 spiro atoms. The molecule has 0 bridgehead atoms. The highest BCUT2D eigenvalue weighted by atomic mass is 16.8. The summed E-state index contributed by atoms with van der Waals surface area (Å²) in [6.07, 6.45) is -0.690. The molecule has 49 heavy (non-hydrogen) atoms. The second-order valence-corrected chi connectivity index (χ2v) is 11.1. The number of carboxylic acid groups (broad SMARTS) is 1. The van der Waals surface area contributed by atoms with E-state index in [0.717, 1.165) is 6.26 Å². The van der Waals surface area contributed by atoms with Gasteiger partial charge in [0.1, 0.15) is 12.2 Å². The number of carbonyl (C=O) groups excluding carboxylic acids is 1. The number of hydrogen-bond donors (Lipinski definition) is 9. The molecule has 0 aromatic rings. The van der Waals surface area contributed by atoms with Gasteiger partial charge in [-0.2, -0.15) is 0 Å². The van der Waals surface area contributed by atoms with Gasteiger partial charge in [-0.3, -0.25) is 4.99 Å². The molecule has 0 saturated carbocycles. The Morgan fingerprint density at radius 2 is 1.98 bits per heavy atom. The number of esters is 1. The monoisotopic (exact) mass is 698 g/mol. The number of nitrogens with zero attached hydrogens (tertiary/aromatic N) is 2. The van der Waals surface area contributed by atoms with Crippen LogP contribution in [-0.2, 0) is 33.3 Å². The van der Waals surface area contributed by atoms with Gasteiger partial charge in [-0.05, 0) is 18.9 Å². The van der Waals surface area contributed by atoms with Crippen LogP contribution in [0.2, 0.25) is 0 Å². The minimum absolute atomic E-state index is 0.0222. The summed E-state index contributed by atoms with van der Waals surface area (Å²) < 4.78 is 27.8. The topological polar surface area (TPSA) is 276 Å². The average Bonchev–Trinajstić information content (AvgIpc) is 3.07. The number of β-amino-alcohol motifs (C(OH)–C–C–N with tert-alkyl or cyclic N) is 1. The number of aliphatic hydroxyl groups excluding tert-OH is 4. The Bertz CT molecular complexity index is 1330. The maximum atomic E-state index is 12.9. The van der Waals surface area contributed by atoms with E-state index in [1.54, 1.807) is 24.0 Å². The van der Waals surface area contributed by atoms with E-state index in [0.29, 0.717) is 12.0 Å². The summed E-state index contributed by atoms with van der Waals surface area (Å²) in [6.45, 7) is 4.58. The van der Waals surface area contributed by atoms with Crippen LogP contribution in [0, 0.1) is 11.8 Å². The summed E-state index contributed by atoms with van der Waals surface area (Å²) in [7, 11) is 1.17. The molecule has 3 aliphatic rings. The predicted octanol–water partition coefficient (Wildman–Crippen LogP) is -2.63. The molecule has 10 N–H and O–H groups in total. The highest BCUT2D eigenvalue weighted by Crippen LogP contribution is 2.38. The van der Waals surface area contributed by atoms with Gasteiger partial charge in [0.05, 0.1) is 49.3 Å². The van der Waals surface area contributed by atoms with Crippen molar-refractivity contribution >= 4 is 17.9 Å². The molecule has 18 nitrogen and oxygen atoms in total. The van der Waals surface area contributed by atoms with Crippen LogP contribution < -0.4 is 11.1 Å². The van der Waals surface area contributed by atoms with Crippen LogP contribution in [0.4, 0.5) is 0 Å². The first-order chi connectivity index (χ1) is 23.4. The summed E-state index contributed by atoms with van der Waals surface area (Å²) in [4.78, 5) is 30.9. The lowest BCUT2D eigenvalue weighted by atomic mass is 9.83. The third-order valence-electron chi connectivity index (χ3n) is 7.92. The number of nitrogens with two attached hydrogens (primary N) is 1. The van der Waals surface area contributed by atoms with E-state index in [4.69, 9.17) is 34.5 Å². The Morgan fingerprint density at radius 3 is 2.57 bits per heavy atom. The lowest BCUT2D eigenvalue weighted by molar-refractivity contribution is -0.410. The van der Waals surface area contributed by atoms with E-state index in [-0.39, 0.29) is 62.3 Å². The normalized spacial score (nSPS) is 28.9. The zero-order valence-electron chi connectivity index (χ0n) is 27.3.